The Labute approximate surface area is 174 Å². The van der Waals surface area contributed by atoms with E-state index in [1.807, 2.05) is 37.3 Å². The summed E-state index contributed by atoms with van der Waals surface area (Å²) >= 11 is 1.26. The van der Waals surface area contributed by atoms with Crippen LogP contribution in [-0.4, -0.2) is 30.0 Å². The SMILES string of the molecule is CCCC(=O)Nc1cc(Oc2ccccc2)ccc1N=C(NC(=O)OCC)SC. The van der Waals surface area contributed by atoms with E-state index < -0.39 is 6.09 Å². The normalized spacial score (nSPS) is 10.9. The molecule has 0 aromatic heterocycles. The van der Waals surface area contributed by atoms with E-state index in [4.69, 9.17) is 9.47 Å². The first-order valence-electron chi connectivity index (χ1n) is 9.29. The van der Waals surface area contributed by atoms with E-state index in [0.717, 1.165) is 6.42 Å². The number of benzene rings is 2. The fraction of sp³-hybridized carbons (Fsp3) is 0.286. The van der Waals surface area contributed by atoms with Crippen molar-refractivity contribution in [2.45, 2.75) is 26.7 Å². The molecule has 0 aliphatic rings. The fourth-order valence-electron chi connectivity index (χ4n) is 2.33. The second kappa shape index (κ2) is 11.8. The van der Waals surface area contributed by atoms with Crippen LogP contribution < -0.4 is 15.4 Å². The molecule has 7 nitrogen and oxygen atoms in total. The van der Waals surface area contributed by atoms with Gasteiger partial charge in [-0.15, -0.1) is 0 Å². The lowest BCUT2D eigenvalue weighted by molar-refractivity contribution is -0.116. The summed E-state index contributed by atoms with van der Waals surface area (Å²) in [5.41, 5.74) is 0.991. The van der Waals surface area contributed by atoms with Gasteiger partial charge in [0.05, 0.1) is 18.0 Å². The maximum Gasteiger partial charge on any atom is 0.413 e. The van der Waals surface area contributed by atoms with Crippen molar-refractivity contribution in [2.75, 3.05) is 18.2 Å². The van der Waals surface area contributed by atoms with Gasteiger partial charge in [0.15, 0.2) is 5.17 Å². The van der Waals surface area contributed by atoms with Gasteiger partial charge in [0.25, 0.3) is 0 Å². The van der Waals surface area contributed by atoms with Crippen molar-refractivity contribution in [1.29, 1.82) is 0 Å². The molecule has 2 aromatic carbocycles. The summed E-state index contributed by atoms with van der Waals surface area (Å²) in [5.74, 6) is 1.12. The molecular formula is C21H25N3O4S. The average Bonchev–Trinajstić information content (AvgIpc) is 2.70. The van der Waals surface area contributed by atoms with E-state index in [1.54, 1.807) is 31.4 Å². The molecule has 0 heterocycles. The summed E-state index contributed by atoms with van der Waals surface area (Å²) < 4.78 is 10.7. The first-order valence-corrected chi connectivity index (χ1v) is 10.5. The van der Waals surface area contributed by atoms with Gasteiger partial charge in [-0.2, -0.15) is 0 Å². The number of ether oxygens (including phenoxy) is 2. The van der Waals surface area contributed by atoms with Crippen LogP contribution in [0.25, 0.3) is 0 Å². The Morgan fingerprint density at radius 2 is 1.83 bits per heavy atom. The van der Waals surface area contributed by atoms with E-state index in [0.29, 0.717) is 34.5 Å². The molecule has 29 heavy (non-hydrogen) atoms. The highest BCUT2D eigenvalue weighted by Crippen LogP contribution is 2.32. The fourth-order valence-corrected chi connectivity index (χ4v) is 2.70. The minimum atomic E-state index is -0.582. The molecule has 0 unspecified atom stereocenters. The van der Waals surface area contributed by atoms with Gasteiger partial charge in [-0.05, 0) is 43.9 Å². The molecule has 0 atom stereocenters. The van der Waals surface area contributed by atoms with Crippen LogP contribution in [0, 0.1) is 0 Å². The average molecular weight is 416 g/mol. The summed E-state index contributed by atoms with van der Waals surface area (Å²) in [4.78, 5) is 28.3. The Hall–Kier alpha value is -3.00. The van der Waals surface area contributed by atoms with Crippen LogP contribution >= 0.6 is 11.8 Å². The third-order valence-electron chi connectivity index (χ3n) is 3.60. The maximum atomic E-state index is 12.2. The molecule has 2 aromatic rings. The number of rotatable bonds is 7. The van der Waals surface area contributed by atoms with Crippen molar-refractivity contribution >= 4 is 40.3 Å². The summed E-state index contributed by atoms with van der Waals surface area (Å²) in [6.45, 7) is 3.92. The lowest BCUT2D eigenvalue weighted by Gasteiger charge is -2.13. The number of para-hydroxylation sites is 1. The van der Waals surface area contributed by atoms with Crippen molar-refractivity contribution < 1.29 is 19.1 Å². The smallest absolute Gasteiger partial charge is 0.413 e. The number of alkyl carbamates (subject to hydrolysis) is 1. The lowest BCUT2D eigenvalue weighted by Crippen LogP contribution is -2.28. The van der Waals surface area contributed by atoms with Gasteiger partial charge in [-0.1, -0.05) is 36.9 Å². The summed E-state index contributed by atoms with van der Waals surface area (Å²) in [6.07, 6.45) is 2.32. The van der Waals surface area contributed by atoms with E-state index in [2.05, 4.69) is 15.6 Å². The van der Waals surface area contributed by atoms with Crippen LogP contribution in [0.3, 0.4) is 0 Å². The van der Waals surface area contributed by atoms with Crippen LogP contribution in [0.2, 0.25) is 0 Å². The number of amides is 2. The molecule has 0 saturated carbocycles. The zero-order valence-corrected chi connectivity index (χ0v) is 17.5. The van der Waals surface area contributed by atoms with Crippen LogP contribution in [-0.2, 0) is 9.53 Å². The highest BCUT2D eigenvalue weighted by Gasteiger charge is 2.11. The van der Waals surface area contributed by atoms with E-state index in [-0.39, 0.29) is 12.5 Å². The largest absolute Gasteiger partial charge is 0.457 e. The van der Waals surface area contributed by atoms with Crippen molar-refractivity contribution in [1.82, 2.24) is 5.32 Å². The molecule has 0 spiro atoms. The van der Waals surface area contributed by atoms with E-state index >= 15 is 0 Å². The highest BCUT2D eigenvalue weighted by molar-refractivity contribution is 8.13. The van der Waals surface area contributed by atoms with Gasteiger partial charge < -0.3 is 14.8 Å². The van der Waals surface area contributed by atoms with Gasteiger partial charge >= 0.3 is 6.09 Å². The second-order valence-corrected chi connectivity index (χ2v) is 6.65. The number of carbonyl (C=O) groups excluding carboxylic acids is 2. The number of anilines is 1. The van der Waals surface area contributed by atoms with Crippen LogP contribution in [0.1, 0.15) is 26.7 Å². The Morgan fingerprint density at radius 3 is 2.48 bits per heavy atom. The Kier molecular flexibility index (Phi) is 9.04. The minimum Gasteiger partial charge on any atom is -0.457 e. The second-order valence-electron chi connectivity index (χ2n) is 5.86. The van der Waals surface area contributed by atoms with Crippen LogP contribution in [0.5, 0.6) is 11.5 Å². The summed E-state index contributed by atoms with van der Waals surface area (Å²) in [5, 5.41) is 5.80. The number of carbonyl (C=O) groups is 2. The molecule has 2 N–H and O–H groups in total. The third kappa shape index (κ3) is 7.50. The van der Waals surface area contributed by atoms with E-state index in [9.17, 15) is 9.59 Å². The van der Waals surface area contributed by atoms with Gasteiger partial charge in [0.1, 0.15) is 11.5 Å². The minimum absolute atomic E-state index is 0.120. The Balaban J connectivity index is 2.31. The van der Waals surface area contributed by atoms with Crippen molar-refractivity contribution in [3.05, 3.63) is 48.5 Å². The molecule has 0 aliphatic carbocycles. The number of nitrogens with zero attached hydrogens (tertiary/aromatic N) is 1. The number of hydrogen-bond acceptors (Lipinski definition) is 6. The van der Waals surface area contributed by atoms with Crippen LogP contribution in [0.15, 0.2) is 53.5 Å². The number of nitrogens with one attached hydrogen (secondary N) is 2. The lowest BCUT2D eigenvalue weighted by atomic mass is 10.2. The maximum absolute atomic E-state index is 12.2. The van der Waals surface area contributed by atoms with Gasteiger partial charge in [-0.3, -0.25) is 10.1 Å². The molecular weight excluding hydrogens is 390 g/mol. The molecule has 2 rings (SSSR count). The number of amidine groups is 1. The quantitative estimate of drug-likeness (QED) is 0.472. The molecule has 0 aliphatic heterocycles. The topological polar surface area (TPSA) is 89.0 Å². The van der Waals surface area contributed by atoms with E-state index in [1.165, 1.54) is 11.8 Å². The number of aliphatic imine (C=N–C) groups is 1. The summed E-state index contributed by atoms with van der Waals surface area (Å²) in [6, 6.07) is 14.5. The van der Waals surface area contributed by atoms with Gasteiger partial charge in [0, 0.05) is 12.5 Å². The van der Waals surface area contributed by atoms with Gasteiger partial charge in [-0.25, -0.2) is 9.79 Å². The molecule has 0 saturated heterocycles. The van der Waals surface area contributed by atoms with Crippen molar-refractivity contribution in [2.24, 2.45) is 4.99 Å². The Morgan fingerprint density at radius 1 is 1.07 bits per heavy atom. The highest BCUT2D eigenvalue weighted by atomic mass is 32.2. The van der Waals surface area contributed by atoms with Crippen molar-refractivity contribution in [3.8, 4) is 11.5 Å². The first-order chi connectivity index (χ1) is 14.0. The molecule has 0 fully saturated rings. The molecule has 8 heteroatoms. The zero-order chi connectivity index (χ0) is 21.1. The van der Waals surface area contributed by atoms with Crippen molar-refractivity contribution in [3.63, 3.8) is 0 Å². The molecule has 0 bridgehead atoms. The molecule has 2 amide bonds. The third-order valence-corrected chi connectivity index (χ3v) is 4.18. The predicted octanol–water partition coefficient (Wildman–Crippen LogP) is 5.31. The van der Waals surface area contributed by atoms with Gasteiger partial charge in [0.2, 0.25) is 5.91 Å². The molecule has 0 radical (unpaired) electrons. The summed E-state index contributed by atoms with van der Waals surface area (Å²) in [7, 11) is 0. The molecule has 154 valence electrons. The number of thioether (sulfide) groups is 1. The van der Waals surface area contributed by atoms with Crippen LogP contribution in [0.4, 0.5) is 16.2 Å². The first kappa shape index (κ1) is 22.3. The standard InChI is InChI=1S/C21H25N3O4S/c1-4-9-19(25)22-18-14-16(28-15-10-7-6-8-11-15)12-13-17(18)23-20(29-3)24-21(26)27-5-2/h6-8,10-14H,4-5,9H2,1-3H3,(H,22,25)(H,23,24,26). The number of hydrogen-bond donors (Lipinski definition) is 2. The Bertz CT molecular complexity index is 856. The predicted molar refractivity (Wildman–Crippen MR) is 117 cm³/mol. The zero-order valence-electron chi connectivity index (χ0n) is 16.7. The monoisotopic (exact) mass is 415 g/mol.